The Morgan fingerprint density at radius 1 is 1.44 bits per heavy atom. The van der Waals surface area contributed by atoms with E-state index in [9.17, 15) is 0 Å². The van der Waals surface area contributed by atoms with Crippen molar-refractivity contribution in [2.45, 2.75) is 0 Å². The van der Waals surface area contributed by atoms with Crippen LogP contribution in [-0.2, 0) is 0 Å². The standard InChI is InChI=1S/C2H3Cl.CH7O3P.H2O/c1-2-3;1-5(2,3)4;/h2H,1H2;2-5H,1H3;1H2. The third kappa shape index (κ3) is 3660. The Labute approximate surface area is 59.3 Å². The van der Waals surface area contributed by atoms with Crippen LogP contribution >= 0.6 is 19.5 Å². The Morgan fingerprint density at radius 2 is 1.44 bits per heavy atom. The molecule has 0 unspecified atom stereocenters. The van der Waals surface area contributed by atoms with E-state index < -0.39 is 7.94 Å². The normalized spacial score (nSPS) is 9.89. The van der Waals surface area contributed by atoms with Crippen molar-refractivity contribution in [1.29, 1.82) is 0 Å². The van der Waals surface area contributed by atoms with E-state index in [0.29, 0.717) is 0 Å². The monoisotopic (exact) mass is 178 g/mol. The summed E-state index contributed by atoms with van der Waals surface area (Å²) in [7, 11) is -3.61. The summed E-state index contributed by atoms with van der Waals surface area (Å²) >= 11 is 4.76. The van der Waals surface area contributed by atoms with E-state index in [-0.39, 0.29) is 5.48 Å². The Morgan fingerprint density at radius 3 is 1.44 bits per heavy atom. The van der Waals surface area contributed by atoms with Gasteiger partial charge in [0.1, 0.15) is 0 Å². The molecule has 0 aliphatic rings. The molecule has 0 amide bonds. The first-order valence-corrected chi connectivity index (χ1v) is 4.58. The summed E-state index contributed by atoms with van der Waals surface area (Å²) in [5.41, 5.74) is 1.22. The summed E-state index contributed by atoms with van der Waals surface area (Å²) in [6, 6.07) is 0. The van der Waals surface area contributed by atoms with Crippen LogP contribution < -0.4 is 0 Å². The first-order chi connectivity index (χ1) is 3.41. The van der Waals surface area contributed by atoms with Crippen molar-refractivity contribution < 1.29 is 20.2 Å². The molecule has 5 N–H and O–H groups in total. The largest absolute Gasteiger partial charge is 0.412 e. The van der Waals surface area contributed by atoms with Crippen molar-refractivity contribution in [3.63, 3.8) is 0 Å². The summed E-state index contributed by atoms with van der Waals surface area (Å²) in [5.74, 6) is 0. The average molecular weight is 179 g/mol. The predicted octanol–water partition coefficient (Wildman–Crippen LogP) is -0.368. The van der Waals surface area contributed by atoms with Gasteiger partial charge in [-0.2, -0.15) is 0 Å². The number of hydrogen-bond acceptors (Lipinski definition) is 3. The minimum Gasteiger partial charge on any atom is -0.412 e. The fraction of sp³-hybridized carbons (Fsp3) is 0.333. The van der Waals surface area contributed by atoms with Gasteiger partial charge in [0.2, 0.25) is 0 Å². The minimum atomic E-state index is -3.61. The zero-order valence-electron chi connectivity index (χ0n) is 5.00. The van der Waals surface area contributed by atoms with Gasteiger partial charge in [0.05, 0.1) is 0 Å². The summed E-state index contributed by atoms with van der Waals surface area (Å²) in [6.07, 6.45) is 0. The second kappa shape index (κ2) is 8.30. The van der Waals surface area contributed by atoms with Crippen LogP contribution in [0.15, 0.2) is 12.1 Å². The zero-order chi connectivity index (χ0) is 7.21. The molecule has 4 nitrogen and oxygen atoms in total. The van der Waals surface area contributed by atoms with E-state index in [0.717, 1.165) is 6.66 Å². The summed E-state index contributed by atoms with van der Waals surface area (Å²) in [4.78, 5) is 23.3. The third-order valence-corrected chi connectivity index (χ3v) is 0. The Balaban J connectivity index is -0.0000000800. The maximum Gasteiger partial charge on any atom is -0.412 e. The predicted molar refractivity (Wildman–Crippen MR) is 40.6 cm³/mol. The number of rotatable bonds is 0. The second-order valence-electron chi connectivity index (χ2n) is 1.13. The molecular formula is C3H12ClO4P. The molecule has 0 radical (unpaired) electrons. The van der Waals surface area contributed by atoms with Crippen molar-refractivity contribution in [3.8, 4) is 0 Å². The molecule has 0 saturated heterocycles. The van der Waals surface area contributed by atoms with Crippen LogP contribution in [0, 0.1) is 0 Å². The molecular weight excluding hydrogens is 166 g/mol. The van der Waals surface area contributed by atoms with E-state index in [1.807, 2.05) is 0 Å². The maximum atomic E-state index is 7.77. The van der Waals surface area contributed by atoms with Gasteiger partial charge in [0.15, 0.2) is 0 Å². The SMILES string of the molecule is C=CCl.C[PH](O)(O)O.O. The molecule has 0 aliphatic carbocycles. The summed E-state index contributed by atoms with van der Waals surface area (Å²) in [5, 5.41) is 0. The Bertz CT molecular complexity index is 55.3. The molecule has 60 valence electrons. The fourth-order valence-corrected chi connectivity index (χ4v) is 0. The van der Waals surface area contributed by atoms with Crippen molar-refractivity contribution in [2.24, 2.45) is 0 Å². The van der Waals surface area contributed by atoms with Gasteiger partial charge in [-0.3, -0.25) is 0 Å². The van der Waals surface area contributed by atoms with Crippen molar-refractivity contribution in [3.05, 3.63) is 12.1 Å². The van der Waals surface area contributed by atoms with E-state index in [1.165, 1.54) is 5.54 Å². The van der Waals surface area contributed by atoms with E-state index in [1.54, 1.807) is 0 Å². The smallest absolute Gasteiger partial charge is 0.412 e. The van der Waals surface area contributed by atoms with Crippen LogP contribution in [0.5, 0.6) is 0 Å². The number of halogens is 1. The Kier molecular flexibility index (Phi) is 14.9. The van der Waals surface area contributed by atoms with Crippen LogP contribution in [0.2, 0.25) is 0 Å². The fourth-order valence-electron chi connectivity index (χ4n) is 0. The van der Waals surface area contributed by atoms with E-state index >= 15 is 0 Å². The Hall–Kier alpha value is 0.300. The molecule has 0 aromatic carbocycles. The van der Waals surface area contributed by atoms with E-state index in [2.05, 4.69) is 6.58 Å². The molecule has 0 bridgehead atoms. The number of hydrogen-bond donors (Lipinski definition) is 3. The minimum absolute atomic E-state index is 0. The summed E-state index contributed by atoms with van der Waals surface area (Å²) in [6.45, 7) is 4.12. The van der Waals surface area contributed by atoms with Gasteiger partial charge >= 0.3 is 29.3 Å². The van der Waals surface area contributed by atoms with Crippen molar-refractivity contribution in [1.82, 2.24) is 0 Å². The van der Waals surface area contributed by atoms with Gasteiger partial charge in [0, 0.05) is 0 Å². The quantitative estimate of drug-likeness (QED) is 0.442. The van der Waals surface area contributed by atoms with Gasteiger partial charge in [-0.25, -0.2) is 0 Å². The summed E-state index contributed by atoms with van der Waals surface area (Å²) < 4.78 is 0. The first-order valence-electron chi connectivity index (χ1n) is 1.80. The average Bonchev–Trinajstić information content (AvgIpc) is 1.27. The molecule has 0 atom stereocenters. The van der Waals surface area contributed by atoms with Gasteiger partial charge < -0.3 is 5.48 Å². The van der Waals surface area contributed by atoms with Gasteiger partial charge in [-0.1, -0.05) is 18.2 Å². The maximum absolute atomic E-state index is 7.77. The molecule has 0 heterocycles. The van der Waals surface area contributed by atoms with Crippen molar-refractivity contribution >= 4 is 19.5 Å². The zero-order valence-corrected chi connectivity index (χ0v) is 6.76. The molecule has 0 aliphatic heterocycles. The van der Waals surface area contributed by atoms with Crippen LogP contribution in [0.4, 0.5) is 0 Å². The molecule has 0 spiro atoms. The molecule has 6 heteroatoms. The van der Waals surface area contributed by atoms with Gasteiger partial charge in [0.25, 0.3) is 0 Å². The topological polar surface area (TPSA) is 92.2 Å². The van der Waals surface area contributed by atoms with Gasteiger partial charge in [-0.05, 0) is 5.54 Å². The van der Waals surface area contributed by atoms with E-state index in [4.69, 9.17) is 26.3 Å². The third-order valence-electron chi connectivity index (χ3n) is 0. The van der Waals surface area contributed by atoms with Crippen molar-refractivity contribution in [2.75, 3.05) is 6.66 Å². The van der Waals surface area contributed by atoms with Crippen LogP contribution in [0.1, 0.15) is 0 Å². The van der Waals surface area contributed by atoms with Gasteiger partial charge in [-0.15, -0.1) is 0 Å². The first kappa shape index (κ1) is 16.1. The molecule has 0 aromatic heterocycles. The molecule has 0 fully saturated rings. The molecule has 0 rings (SSSR count). The van der Waals surface area contributed by atoms with Crippen LogP contribution in [0.3, 0.4) is 0 Å². The van der Waals surface area contributed by atoms with Crippen LogP contribution in [-0.4, -0.2) is 26.8 Å². The van der Waals surface area contributed by atoms with Crippen LogP contribution in [0.25, 0.3) is 0 Å². The molecule has 0 aromatic rings. The molecule has 9 heavy (non-hydrogen) atoms. The molecule has 0 saturated carbocycles. The second-order valence-corrected chi connectivity index (χ2v) is 3.38.